The van der Waals surface area contributed by atoms with Gasteiger partial charge in [-0.05, 0) is 37.4 Å². The molecule has 1 N–H and O–H groups in total. The SMILES string of the molecule is [N-]=[N+]=NCCN1CCC(CO)CC1. The number of piperidine rings is 1. The Morgan fingerprint density at radius 1 is 1.46 bits per heavy atom. The van der Waals surface area contributed by atoms with E-state index in [9.17, 15) is 0 Å². The average molecular weight is 184 g/mol. The van der Waals surface area contributed by atoms with E-state index in [1.165, 1.54) is 0 Å². The Labute approximate surface area is 78.0 Å². The Morgan fingerprint density at radius 2 is 2.15 bits per heavy atom. The van der Waals surface area contributed by atoms with Gasteiger partial charge in [-0.15, -0.1) is 0 Å². The molecular formula is C8H16N4O. The lowest BCUT2D eigenvalue weighted by molar-refractivity contribution is 0.134. The van der Waals surface area contributed by atoms with E-state index in [4.69, 9.17) is 10.6 Å². The molecule has 1 rings (SSSR count). The summed E-state index contributed by atoms with van der Waals surface area (Å²) in [5.74, 6) is 0.482. The van der Waals surface area contributed by atoms with Crippen molar-refractivity contribution >= 4 is 0 Å². The predicted octanol–water partition coefficient (Wildman–Crippen LogP) is 1.00. The van der Waals surface area contributed by atoms with E-state index in [1.54, 1.807) is 0 Å². The second kappa shape index (κ2) is 5.80. The van der Waals surface area contributed by atoms with Gasteiger partial charge in [0.15, 0.2) is 0 Å². The molecule has 0 aliphatic carbocycles. The van der Waals surface area contributed by atoms with Crippen LogP contribution in [0.3, 0.4) is 0 Å². The first-order valence-electron chi connectivity index (χ1n) is 4.71. The normalized spacial score (nSPS) is 19.8. The standard InChI is InChI=1S/C8H16N4O/c9-11-10-3-6-12-4-1-8(7-13)2-5-12/h8,13H,1-7H2. The van der Waals surface area contributed by atoms with Gasteiger partial charge in [0.2, 0.25) is 0 Å². The van der Waals surface area contributed by atoms with E-state index in [-0.39, 0.29) is 0 Å². The Kier molecular flexibility index (Phi) is 4.60. The van der Waals surface area contributed by atoms with Gasteiger partial charge in [0.25, 0.3) is 0 Å². The molecule has 13 heavy (non-hydrogen) atoms. The van der Waals surface area contributed by atoms with E-state index in [1.807, 2.05) is 0 Å². The number of hydrogen-bond donors (Lipinski definition) is 1. The van der Waals surface area contributed by atoms with Crippen molar-refractivity contribution < 1.29 is 5.11 Å². The van der Waals surface area contributed by atoms with Crippen LogP contribution >= 0.6 is 0 Å². The largest absolute Gasteiger partial charge is 0.396 e. The summed E-state index contributed by atoms with van der Waals surface area (Å²) in [4.78, 5) is 4.99. The highest BCUT2D eigenvalue weighted by molar-refractivity contribution is 4.71. The predicted molar refractivity (Wildman–Crippen MR) is 50.3 cm³/mol. The molecule has 0 aromatic heterocycles. The molecule has 0 aromatic rings. The highest BCUT2D eigenvalue weighted by atomic mass is 16.3. The van der Waals surface area contributed by atoms with Gasteiger partial charge in [0, 0.05) is 24.6 Å². The fourth-order valence-corrected chi connectivity index (χ4v) is 1.62. The first-order valence-corrected chi connectivity index (χ1v) is 4.71. The van der Waals surface area contributed by atoms with Crippen LogP contribution in [-0.2, 0) is 0 Å². The molecule has 0 radical (unpaired) electrons. The minimum atomic E-state index is 0.310. The average Bonchev–Trinajstić information content (AvgIpc) is 2.19. The van der Waals surface area contributed by atoms with Crippen molar-refractivity contribution in [2.45, 2.75) is 12.8 Å². The lowest BCUT2D eigenvalue weighted by atomic mass is 9.98. The number of aliphatic hydroxyl groups excluding tert-OH is 1. The van der Waals surface area contributed by atoms with E-state index >= 15 is 0 Å². The topological polar surface area (TPSA) is 72.2 Å². The van der Waals surface area contributed by atoms with Crippen LogP contribution in [0.2, 0.25) is 0 Å². The Balaban J connectivity index is 2.13. The van der Waals surface area contributed by atoms with Crippen molar-refractivity contribution in [1.29, 1.82) is 0 Å². The summed E-state index contributed by atoms with van der Waals surface area (Å²) in [5.41, 5.74) is 8.08. The van der Waals surface area contributed by atoms with Crippen LogP contribution in [0.1, 0.15) is 12.8 Å². The first kappa shape index (κ1) is 10.3. The van der Waals surface area contributed by atoms with Crippen LogP contribution in [0.15, 0.2) is 5.11 Å². The molecule has 0 bridgehead atoms. The van der Waals surface area contributed by atoms with Crippen LogP contribution < -0.4 is 0 Å². The van der Waals surface area contributed by atoms with Crippen LogP contribution in [-0.4, -0.2) is 42.8 Å². The smallest absolute Gasteiger partial charge is 0.0460 e. The molecule has 74 valence electrons. The molecule has 0 saturated carbocycles. The van der Waals surface area contributed by atoms with Crippen LogP contribution in [0.4, 0.5) is 0 Å². The van der Waals surface area contributed by atoms with Crippen molar-refractivity contribution in [3.8, 4) is 0 Å². The molecule has 5 heteroatoms. The summed E-state index contributed by atoms with van der Waals surface area (Å²) in [6.45, 7) is 3.75. The third-order valence-corrected chi connectivity index (χ3v) is 2.54. The minimum Gasteiger partial charge on any atom is -0.396 e. The number of nitrogens with zero attached hydrogens (tertiary/aromatic N) is 4. The number of rotatable bonds is 4. The fourth-order valence-electron chi connectivity index (χ4n) is 1.62. The summed E-state index contributed by atoms with van der Waals surface area (Å²) in [5, 5.41) is 12.4. The summed E-state index contributed by atoms with van der Waals surface area (Å²) in [6, 6.07) is 0. The Hall–Kier alpha value is -0.770. The lowest BCUT2D eigenvalue weighted by Crippen LogP contribution is -2.36. The van der Waals surface area contributed by atoms with Crippen LogP contribution in [0.25, 0.3) is 10.4 Å². The zero-order valence-electron chi connectivity index (χ0n) is 7.76. The number of hydrogen-bond acceptors (Lipinski definition) is 3. The monoisotopic (exact) mass is 184 g/mol. The van der Waals surface area contributed by atoms with Gasteiger partial charge in [-0.1, -0.05) is 5.11 Å². The van der Waals surface area contributed by atoms with Crippen LogP contribution in [0, 0.1) is 5.92 Å². The van der Waals surface area contributed by atoms with Crippen molar-refractivity contribution in [3.63, 3.8) is 0 Å². The van der Waals surface area contributed by atoms with Gasteiger partial charge in [0.05, 0.1) is 0 Å². The molecule has 1 aliphatic heterocycles. The number of likely N-dealkylation sites (tertiary alicyclic amines) is 1. The highest BCUT2D eigenvalue weighted by Crippen LogP contribution is 2.15. The maximum atomic E-state index is 8.91. The molecule has 0 amide bonds. The van der Waals surface area contributed by atoms with Gasteiger partial charge in [-0.2, -0.15) is 0 Å². The van der Waals surface area contributed by atoms with E-state index in [2.05, 4.69) is 14.9 Å². The number of azide groups is 1. The second-order valence-electron chi connectivity index (χ2n) is 3.42. The molecule has 0 aromatic carbocycles. The molecule has 1 aliphatic rings. The van der Waals surface area contributed by atoms with E-state index < -0.39 is 0 Å². The van der Waals surface area contributed by atoms with Gasteiger partial charge < -0.3 is 10.0 Å². The minimum absolute atomic E-state index is 0.310. The summed E-state index contributed by atoms with van der Waals surface area (Å²) in [6.07, 6.45) is 2.12. The Bertz CT molecular complexity index is 183. The van der Waals surface area contributed by atoms with Crippen molar-refractivity contribution in [2.24, 2.45) is 11.0 Å². The zero-order chi connectivity index (χ0) is 9.52. The first-order chi connectivity index (χ1) is 6.36. The van der Waals surface area contributed by atoms with Crippen LogP contribution in [0.5, 0.6) is 0 Å². The third-order valence-electron chi connectivity index (χ3n) is 2.54. The molecule has 1 saturated heterocycles. The van der Waals surface area contributed by atoms with Gasteiger partial charge in [0.1, 0.15) is 0 Å². The molecule has 1 heterocycles. The molecule has 5 nitrogen and oxygen atoms in total. The quantitative estimate of drug-likeness (QED) is 0.402. The Morgan fingerprint density at radius 3 is 2.69 bits per heavy atom. The lowest BCUT2D eigenvalue weighted by Gasteiger charge is -2.30. The molecule has 0 spiro atoms. The van der Waals surface area contributed by atoms with Gasteiger partial charge >= 0.3 is 0 Å². The molecule has 0 unspecified atom stereocenters. The summed E-state index contributed by atoms with van der Waals surface area (Å²) >= 11 is 0. The molecular weight excluding hydrogens is 168 g/mol. The highest BCUT2D eigenvalue weighted by Gasteiger charge is 2.17. The van der Waals surface area contributed by atoms with Crippen molar-refractivity contribution in [2.75, 3.05) is 32.8 Å². The fraction of sp³-hybridized carbons (Fsp3) is 1.00. The molecule has 1 fully saturated rings. The van der Waals surface area contributed by atoms with Crippen molar-refractivity contribution in [3.05, 3.63) is 10.4 Å². The van der Waals surface area contributed by atoms with Gasteiger partial charge in [-0.25, -0.2) is 0 Å². The summed E-state index contributed by atoms with van der Waals surface area (Å²) in [7, 11) is 0. The van der Waals surface area contributed by atoms with E-state index in [0.717, 1.165) is 32.5 Å². The maximum Gasteiger partial charge on any atom is 0.0460 e. The second-order valence-corrected chi connectivity index (χ2v) is 3.42. The zero-order valence-corrected chi connectivity index (χ0v) is 7.76. The third kappa shape index (κ3) is 3.63. The van der Waals surface area contributed by atoms with E-state index in [0.29, 0.717) is 19.1 Å². The summed E-state index contributed by atoms with van der Waals surface area (Å²) < 4.78 is 0. The molecule has 0 atom stereocenters. The number of aliphatic hydroxyl groups is 1. The van der Waals surface area contributed by atoms with Crippen molar-refractivity contribution in [1.82, 2.24) is 4.90 Å². The maximum absolute atomic E-state index is 8.91. The van der Waals surface area contributed by atoms with Gasteiger partial charge in [-0.3, -0.25) is 0 Å².